The van der Waals surface area contributed by atoms with Crippen LogP contribution in [0.5, 0.6) is 0 Å². The van der Waals surface area contributed by atoms with Crippen LogP contribution in [0.1, 0.15) is 0 Å². The molecule has 2 aromatic heterocycles. The molecule has 0 saturated heterocycles. The van der Waals surface area contributed by atoms with E-state index in [4.69, 9.17) is 0 Å². The van der Waals surface area contributed by atoms with Crippen molar-refractivity contribution >= 4 is 43.4 Å². The molecule has 0 unspecified atom stereocenters. The molecule has 3 rings (SSSR count). The SMILES string of the molecule is CSc1ncc2sc3ccccc3c(=O)c2n1. The lowest BCUT2D eigenvalue weighted by Gasteiger charge is -2.00. The molecule has 0 atom stereocenters. The van der Waals surface area contributed by atoms with E-state index in [0.29, 0.717) is 10.7 Å². The summed E-state index contributed by atoms with van der Waals surface area (Å²) in [5, 5.41) is 1.37. The lowest BCUT2D eigenvalue weighted by atomic mass is 10.2. The highest BCUT2D eigenvalue weighted by atomic mass is 32.2. The van der Waals surface area contributed by atoms with Crippen molar-refractivity contribution < 1.29 is 0 Å². The quantitative estimate of drug-likeness (QED) is 0.383. The van der Waals surface area contributed by atoms with Crippen LogP contribution in [0.2, 0.25) is 0 Å². The fourth-order valence-corrected chi connectivity index (χ4v) is 3.01. The lowest BCUT2D eigenvalue weighted by Crippen LogP contribution is -2.04. The minimum absolute atomic E-state index is 0.00736. The van der Waals surface area contributed by atoms with Crippen LogP contribution in [0.3, 0.4) is 0 Å². The van der Waals surface area contributed by atoms with Crippen LogP contribution in [0, 0.1) is 0 Å². The maximum Gasteiger partial charge on any atom is 0.214 e. The van der Waals surface area contributed by atoms with E-state index in [1.807, 2.05) is 30.5 Å². The number of fused-ring (bicyclic) bond motifs is 2. The van der Waals surface area contributed by atoms with Gasteiger partial charge in [0.05, 0.1) is 4.70 Å². The van der Waals surface area contributed by atoms with Gasteiger partial charge in [0.15, 0.2) is 5.16 Å². The average molecular weight is 260 g/mol. The zero-order chi connectivity index (χ0) is 11.8. The van der Waals surface area contributed by atoms with Gasteiger partial charge in [-0.05, 0) is 18.4 Å². The van der Waals surface area contributed by atoms with Gasteiger partial charge in [-0.3, -0.25) is 4.79 Å². The average Bonchev–Trinajstić information content (AvgIpc) is 2.39. The number of rotatable bonds is 1. The van der Waals surface area contributed by atoms with E-state index >= 15 is 0 Å². The van der Waals surface area contributed by atoms with Crippen molar-refractivity contribution in [3.8, 4) is 0 Å². The summed E-state index contributed by atoms with van der Waals surface area (Å²) >= 11 is 2.99. The zero-order valence-electron chi connectivity index (χ0n) is 9.01. The number of nitrogens with zero attached hydrogens (tertiary/aromatic N) is 2. The van der Waals surface area contributed by atoms with E-state index in [2.05, 4.69) is 9.97 Å². The van der Waals surface area contributed by atoms with Gasteiger partial charge in [0, 0.05) is 16.3 Å². The van der Waals surface area contributed by atoms with Gasteiger partial charge in [0.25, 0.3) is 0 Å². The summed E-state index contributed by atoms with van der Waals surface area (Å²) in [4.78, 5) is 20.8. The van der Waals surface area contributed by atoms with Gasteiger partial charge in [-0.25, -0.2) is 9.97 Å². The highest BCUT2D eigenvalue weighted by Crippen LogP contribution is 2.23. The Labute approximate surface area is 106 Å². The molecule has 1 aromatic carbocycles. The van der Waals surface area contributed by atoms with Crippen molar-refractivity contribution in [2.45, 2.75) is 5.16 Å². The molecule has 84 valence electrons. The van der Waals surface area contributed by atoms with Crippen LogP contribution >= 0.6 is 23.1 Å². The largest absolute Gasteiger partial charge is 0.287 e. The minimum atomic E-state index is -0.00736. The first kappa shape index (κ1) is 10.7. The van der Waals surface area contributed by atoms with Crippen molar-refractivity contribution in [1.29, 1.82) is 0 Å². The Morgan fingerprint density at radius 2 is 2.06 bits per heavy atom. The summed E-state index contributed by atoms with van der Waals surface area (Å²) in [6, 6.07) is 7.60. The van der Waals surface area contributed by atoms with E-state index in [9.17, 15) is 4.79 Å². The summed E-state index contributed by atoms with van der Waals surface area (Å²) in [5.41, 5.74) is 0.514. The van der Waals surface area contributed by atoms with Gasteiger partial charge in [-0.1, -0.05) is 23.9 Å². The molecular weight excluding hydrogens is 252 g/mol. The second kappa shape index (κ2) is 4.09. The molecule has 0 amide bonds. The third kappa shape index (κ3) is 1.71. The van der Waals surface area contributed by atoms with Gasteiger partial charge in [-0.15, -0.1) is 11.3 Å². The third-order valence-electron chi connectivity index (χ3n) is 2.48. The topological polar surface area (TPSA) is 42.9 Å². The Bertz CT molecular complexity index is 767. The van der Waals surface area contributed by atoms with Gasteiger partial charge >= 0.3 is 0 Å². The van der Waals surface area contributed by atoms with Crippen LogP contribution < -0.4 is 5.43 Å². The van der Waals surface area contributed by atoms with Crippen molar-refractivity contribution in [3.63, 3.8) is 0 Å². The molecule has 5 heteroatoms. The second-order valence-corrected chi connectivity index (χ2v) is 5.35. The van der Waals surface area contributed by atoms with E-state index < -0.39 is 0 Å². The first-order chi connectivity index (χ1) is 8.29. The number of aromatic nitrogens is 2. The molecule has 0 bridgehead atoms. The molecule has 2 heterocycles. The van der Waals surface area contributed by atoms with Gasteiger partial charge in [-0.2, -0.15) is 0 Å². The van der Waals surface area contributed by atoms with Crippen LogP contribution in [-0.2, 0) is 0 Å². The molecule has 0 fully saturated rings. The number of hydrogen-bond donors (Lipinski definition) is 0. The Morgan fingerprint density at radius 1 is 1.24 bits per heavy atom. The molecule has 0 N–H and O–H groups in total. The number of thioether (sulfide) groups is 1. The number of benzene rings is 1. The van der Waals surface area contributed by atoms with Crippen LogP contribution in [-0.4, -0.2) is 16.2 Å². The van der Waals surface area contributed by atoms with Crippen molar-refractivity contribution in [3.05, 3.63) is 40.7 Å². The van der Waals surface area contributed by atoms with Crippen LogP contribution in [0.25, 0.3) is 20.3 Å². The molecule has 17 heavy (non-hydrogen) atoms. The normalized spacial score (nSPS) is 11.1. The molecule has 0 aliphatic heterocycles. The molecule has 0 spiro atoms. The fourth-order valence-electron chi connectivity index (χ4n) is 1.68. The molecule has 0 aliphatic rings. The highest BCUT2D eigenvalue weighted by molar-refractivity contribution is 7.98. The van der Waals surface area contributed by atoms with E-state index in [1.54, 1.807) is 17.5 Å². The van der Waals surface area contributed by atoms with Crippen molar-refractivity contribution in [2.24, 2.45) is 0 Å². The lowest BCUT2D eigenvalue weighted by molar-refractivity contribution is 1.01. The van der Waals surface area contributed by atoms with Crippen LogP contribution in [0.15, 0.2) is 40.4 Å². The number of hydrogen-bond acceptors (Lipinski definition) is 5. The van der Waals surface area contributed by atoms with Crippen molar-refractivity contribution in [2.75, 3.05) is 6.26 Å². The van der Waals surface area contributed by atoms with Crippen LogP contribution in [0.4, 0.5) is 0 Å². The molecule has 0 aliphatic carbocycles. The molecule has 3 aromatic rings. The first-order valence-corrected chi connectivity index (χ1v) is 7.06. The highest BCUT2D eigenvalue weighted by Gasteiger charge is 2.07. The monoisotopic (exact) mass is 260 g/mol. The predicted molar refractivity (Wildman–Crippen MR) is 73.0 cm³/mol. The Kier molecular flexibility index (Phi) is 2.57. The maximum atomic E-state index is 12.3. The van der Waals surface area contributed by atoms with Crippen molar-refractivity contribution in [1.82, 2.24) is 9.97 Å². The van der Waals surface area contributed by atoms with E-state index in [-0.39, 0.29) is 5.43 Å². The Hall–Kier alpha value is -1.46. The second-order valence-electron chi connectivity index (χ2n) is 3.50. The van der Waals surface area contributed by atoms with Gasteiger partial charge < -0.3 is 0 Å². The minimum Gasteiger partial charge on any atom is -0.287 e. The summed E-state index contributed by atoms with van der Waals surface area (Å²) in [6.07, 6.45) is 3.63. The predicted octanol–water partition coefficient (Wildman–Crippen LogP) is 2.93. The summed E-state index contributed by atoms with van der Waals surface area (Å²) in [7, 11) is 0. The van der Waals surface area contributed by atoms with Gasteiger partial charge in [0.1, 0.15) is 5.52 Å². The molecule has 0 saturated carbocycles. The first-order valence-electron chi connectivity index (χ1n) is 5.02. The summed E-state index contributed by atoms with van der Waals surface area (Å²) in [5.74, 6) is 0. The maximum absolute atomic E-state index is 12.3. The Balaban J connectivity index is 2.51. The smallest absolute Gasteiger partial charge is 0.214 e. The van der Waals surface area contributed by atoms with Gasteiger partial charge in [0.2, 0.25) is 5.43 Å². The molecule has 3 nitrogen and oxygen atoms in total. The zero-order valence-corrected chi connectivity index (χ0v) is 10.6. The summed E-state index contributed by atoms with van der Waals surface area (Å²) in [6.45, 7) is 0. The Morgan fingerprint density at radius 3 is 2.88 bits per heavy atom. The van der Waals surface area contributed by atoms with E-state index in [1.165, 1.54) is 11.8 Å². The van der Waals surface area contributed by atoms with E-state index in [0.717, 1.165) is 14.8 Å². The standard InChI is InChI=1S/C12H8N2OS2/c1-16-12-13-6-9-10(14-12)11(15)7-4-2-3-5-8(7)17-9/h2-6H,1H3. The fraction of sp³-hybridized carbons (Fsp3) is 0.0833. The third-order valence-corrected chi connectivity index (χ3v) is 4.14. The summed E-state index contributed by atoms with van der Waals surface area (Å²) < 4.78 is 1.82. The molecule has 0 radical (unpaired) electrons. The molecular formula is C12H8N2OS2.